The monoisotopic (exact) mass is 171 g/mol. The van der Waals surface area contributed by atoms with Crippen LogP contribution >= 0.6 is 0 Å². The molecular formula is C7H14BNO3. The summed E-state index contributed by atoms with van der Waals surface area (Å²) in [6.07, 6.45) is 1.17. The summed E-state index contributed by atoms with van der Waals surface area (Å²) in [6, 6.07) is 0. The van der Waals surface area contributed by atoms with Crippen LogP contribution in [0.3, 0.4) is 0 Å². The summed E-state index contributed by atoms with van der Waals surface area (Å²) in [5.41, 5.74) is 0. The Morgan fingerprint density at radius 2 is 2.17 bits per heavy atom. The molecule has 0 aliphatic heterocycles. The van der Waals surface area contributed by atoms with Crippen LogP contribution in [0.25, 0.3) is 0 Å². The number of hydrogen-bond donors (Lipinski definition) is 1. The van der Waals surface area contributed by atoms with Gasteiger partial charge in [0.05, 0.1) is 6.61 Å². The van der Waals surface area contributed by atoms with E-state index >= 15 is 0 Å². The summed E-state index contributed by atoms with van der Waals surface area (Å²) in [5.74, 6) is -0.255. The number of hydrogen-bond acceptors (Lipinski definition) is 3. The number of amides is 1. The highest BCUT2D eigenvalue weighted by atomic mass is 16.5. The van der Waals surface area contributed by atoms with E-state index in [1.54, 1.807) is 6.92 Å². The van der Waals surface area contributed by atoms with Gasteiger partial charge in [0, 0.05) is 13.0 Å². The van der Waals surface area contributed by atoms with Crippen molar-refractivity contribution in [1.29, 1.82) is 0 Å². The van der Waals surface area contributed by atoms with Gasteiger partial charge >= 0.3 is 0 Å². The lowest BCUT2D eigenvalue weighted by molar-refractivity contribution is -0.120. The van der Waals surface area contributed by atoms with Gasteiger partial charge in [-0.05, 0) is 6.42 Å². The van der Waals surface area contributed by atoms with Crippen molar-refractivity contribution < 1.29 is 14.3 Å². The predicted molar refractivity (Wildman–Crippen MR) is 47.8 cm³/mol. The first-order chi connectivity index (χ1) is 5.66. The Labute approximate surface area is 73.1 Å². The number of carbonyl (C=O) groups excluding carboxylic acids is 2. The maximum absolute atomic E-state index is 10.7. The van der Waals surface area contributed by atoms with E-state index in [2.05, 4.69) is 10.1 Å². The summed E-state index contributed by atoms with van der Waals surface area (Å²) in [7, 11) is 1.37. The van der Waals surface area contributed by atoms with Gasteiger partial charge in [-0.3, -0.25) is 9.59 Å². The van der Waals surface area contributed by atoms with E-state index in [0.29, 0.717) is 26.0 Å². The van der Waals surface area contributed by atoms with E-state index in [-0.39, 0.29) is 11.8 Å². The first-order valence-electron chi connectivity index (χ1n) is 4.07. The van der Waals surface area contributed by atoms with Crippen LogP contribution in [0.15, 0.2) is 0 Å². The second-order valence-corrected chi connectivity index (χ2v) is 2.40. The third kappa shape index (κ3) is 7.12. The lowest BCUT2D eigenvalue weighted by Gasteiger charge is -2.03. The Bertz CT molecular complexity index is 161. The number of carbonyl (C=O) groups is 2. The molecule has 12 heavy (non-hydrogen) atoms. The lowest BCUT2D eigenvalue weighted by Crippen LogP contribution is -2.24. The first kappa shape index (κ1) is 11.0. The van der Waals surface area contributed by atoms with Crippen LogP contribution in [0.1, 0.15) is 19.8 Å². The van der Waals surface area contributed by atoms with Crippen molar-refractivity contribution in [3.63, 3.8) is 0 Å². The van der Waals surface area contributed by atoms with E-state index in [0.717, 1.165) is 0 Å². The lowest BCUT2D eigenvalue weighted by atomic mass is 10.2. The molecule has 0 radical (unpaired) electrons. The maximum atomic E-state index is 10.7. The predicted octanol–water partition coefficient (Wildman–Crippen LogP) is -0.328. The minimum Gasteiger partial charge on any atom is -0.474 e. The zero-order valence-corrected chi connectivity index (χ0v) is 7.55. The van der Waals surface area contributed by atoms with Crippen LogP contribution in [0.5, 0.6) is 0 Å². The van der Waals surface area contributed by atoms with Crippen molar-refractivity contribution in [3.05, 3.63) is 0 Å². The Hall–Kier alpha value is -0.995. The molecule has 0 spiro atoms. The molecule has 0 saturated heterocycles. The summed E-state index contributed by atoms with van der Waals surface area (Å²) < 4.78 is 4.67. The zero-order chi connectivity index (χ0) is 9.40. The van der Waals surface area contributed by atoms with Crippen molar-refractivity contribution in [3.8, 4) is 0 Å². The van der Waals surface area contributed by atoms with Crippen LogP contribution in [0, 0.1) is 0 Å². The summed E-state index contributed by atoms with van der Waals surface area (Å²) in [4.78, 5) is 21.0. The molecule has 0 aromatic carbocycles. The number of rotatable bonds is 5. The van der Waals surface area contributed by atoms with Gasteiger partial charge < -0.3 is 10.1 Å². The second kappa shape index (κ2) is 6.70. The fourth-order valence-corrected chi connectivity index (χ4v) is 0.641. The summed E-state index contributed by atoms with van der Waals surface area (Å²) >= 11 is 0. The number of ether oxygens (including phenoxy) is 1. The van der Waals surface area contributed by atoms with E-state index < -0.39 is 0 Å². The molecule has 0 aromatic heterocycles. The van der Waals surface area contributed by atoms with Crippen molar-refractivity contribution in [2.45, 2.75) is 19.8 Å². The molecule has 0 atom stereocenters. The van der Waals surface area contributed by atoms with Crippen molar-refractivity contribution >= 4 is 19.6 Å². The van der Waals surface area contributed by atoms with Crippen LogP contribution in [-0.2, 0) is 9.53 Å². The Morgan fingerprint density at radius 1 is 1.50 bits per heavy atom. The quantitative estimate of drug-likeness (QED) is 0.455. The van der Waals surface area contributed by atoms with Crippen LogP contribution < -0.4 is 5.32 Å². The molecule has 1 N–H and O–H groups in total. The second-order valence-electron chi connectivity index (χ2n) is 2.40. The van der Waals surface area contributed by atoms with E-state index in [1.165, 1.54) is 7.85 Å². The van der Waals surface area contributed by atoms with E-state index in [9.17, 15) is 9.59 Å². The van der Waals surface area contributed by atoms with Crippen LogP contribution in [-0.4, -0.2) is 32.8 Å². The average molecular weight is 171 g/mol. The van der Waals surface area contributed by atoms with Gasteiger partial charge in [-0.15, -0.1) is 0 Å². The van der Waals surface area contributed by atoms with E-state index in [4.69, 9.17) is 0 Å². The van der Waals surface area contributed by atoms with Gasteiger partial charge in [0.2, 0.25) is 19.6 Å². The number of nitrogens with one attached hydrogen (secondary N) is 1. The Morgan fingerprint density at radius 3 is 2.67 bits per heavy atom. The zero-order valence-electron chi connectivity index (χ0n) is 7.55. The SMILES string of the molecule is BC(=O)OCCCNC(=O)CC. The first-order valence-corrected chi connectivity index (χ1v) is 4.07. The highest BCUT2D eigenvalue weighted by Gasteiger charge is 1.95. The molecule has 0 heterocycles. The summed E-state index contributed by atoms with van der Waals surface area (Å²) in [6.45, 7) is 2.74. The van der Waals surface area contributed by atoms with Crippen LogP contribution in [0.2, 0.25) is 0 Å². The fourth-order valence-electron chi connectivity index (χ4n) is 0.641. The van der Waals surface area contributed by atoms with Crippen molar-refractivity contribution in [2.24, 2.45) is 0 Å². The van der Waals surface area contributed by atoms with Gasteiger partial charge in [-0.2, -0.15) is 0 Å². The largest absolute Gasteiger partial charge is 0.474 e. The van der Waals surface area contributed by atoms with Gasteiger partial charge in [-0.1, -0.05) is 6.92 Å². The highest BCUT2D eigenvalue weighted by Crippen LogP contribution is 1.82. The average Bonchev–Trinajstić information content (AvgIpc) is 2.03. The normalized spacial score (nSPS) is 9.08. The van der Waals surface area contributed by atoms with E-state index in [1.807, 2.05) is 0 Å². The van der Waals surface area contributed by atoms with Gasteiger partial charge in [-0.25, -0.2) is 0 Å². The minimum absolute atomic E-state index is 0.0258. The molecule has 0 aromatic rings. The molecule has 1 amide bonds. The third-order valence-electron chi connectivity index (χ3n) is 1.27. The fraction of sp³-hybridized carbons (Fsp3) is 0.714. The highest BCUT2D eigenvalue weighted by molar-refractivity contribution is 6.55. The molecule has 0 bridgehead atoms. The standard InChI is InChI=1S/C7H14BNO3/c1-2-6(10)9-4-3-5-12-7(8)11/h2-5,8H2,1H3,(H,9,10). The molecular weight excluding hydrogens is 157 g/mol. The molecule has 0 aliphatic carbocycles. The Kier molecular flexibility index (Phi) is 6.14. The molecule has 0 saturated carbocycles. The molecule has 4 nitrogen and oxygen atoms in total. The Balaban J connectivity index is 3.11. The smallest absolute Gasteiger partial charge is 0.243 e. The molecule has 0 unspecified atom stereocenters. The maximum Gasteiger partial charge on any atom is 0.243 e. The molecule has 68 valence electrons. The van der Waals surface area contributed by atoms with Crippen molar-refractivity contribution in [2.75, 3.05) is 13.2 Å². The van der Waals surface area contributed by atoms with Crippen LogP contribution in [0.4, 0.5) is 4.79 Å². The molecule has 0 fully saturated rings. The molecule has 5 heteroatoms. The summed E-state index contributed by atoms with van der Waals surface area (Å²) in [5, 5.41) is 2.68. The third-order valence-corrected chi connectivity index (χ3v) is 1.27. The van der Waals surface area contributed by atoms with Gasteiger partial charge in [0.1, 0.15) is 0 Å². The van der Waals surface area contributed by atoms with Gasteiger partial charge in [0.15, 0.2) is 0 Å². The van der Waals surface area contributed by atoms with Gasteiger partial charge in [0.25, 0.3) is 0 Å². The topological polar surface area (TPSA) is 55.4 Å². The molecule has 0 rings (SSSR count). The van der Waals surface area contributed by atoms with Crippen molar-refractivity contribution in [1.82, 2.24) is 5.32 Å². The minimum atomic E-state index is -0.281. The molecule has 0 aliphatic rings.